The van der Waals surface area contributed by atoms with Gasteiger partial charge in [-0.3, -0.25) is 0 Å². The van der Waals surface area contributed by atoms with Crippen molar-refractivity contribution < 1.29 is 34.7 Å². The fraction of sp³-hybridized carbons (Fsp3) is 0.889. The zero-order valence-electron chi connectivity index (χ0n) is 8.98. The monoisotopic (exact) mass is 236 g/mol. The van der Waals surface area contributed by atoms with E-state index in [-0.39, 0.29) is 6.10 Å². The minimum Gasteiger partial charge on any atom is -0.479 e. The van der Waals surface area contributed by atoms with Gasteiger partial charge in [0.15, 0.2) is 12.4 Å². The van der Waals surface area contributed by atoms with Crippen molar-refractivity contribution >= 4 is 5.97 Å². The molecule has 16 heavy (non-hydrogen) atoms. The number of aliphatic hydroxyl groups is 3. The van der Waals surface area contributed by atoms with Crippen molar-refractivity contribution in [3.05, 3.63) is 0 Å². The second-order valence-electron chi connectivity index (χ2n) is 3.92. The highest BCUT2D eigenvalue weighted by atomic mass is 16.7. The van der Waals surface area contributed by atoms with Crippen LogP contribution in [-0.2, 0) is 14.3 Å². The molecule has 0 aromatic rings. The average molecular weight is 236 g/mol. The normalized spacial score (nSPS) is 40.0. The first-order valence-corrected chi connectivity index (χ1v) is 4.92. The Morgan fingerprint density at radius 3 is 2.19 bits per heavy atom. The van der Waals surface area contributed by atoms with Crippen molar-refractivity contribution in [1.29, 1.82) is 0 Å². The first-order chi connectivity index (χ1) is 7.34. The number of carbonyl (C=O) groups is 1. The molecule has 1 heterocycles. The van der Waals surface area contributed by atoms with E-state index in [9.17, 15) is 20.1 Å². The zero-order chi connectivity index (χ0) is 12.5. The van der Waals surface area contributed by atoms with E-state index in [0.717, 1.165) is 0 Å². The van der Waals surface area contributed by atoms with Gasteiger partial charge in [0, 0.05) is 0 Å². The lowest BCUT2D eigenvalue weighted by Gasteiger charge is -2.39. The zero-order valence-corrected chi connectivity index (χ0v) is 8.98. The van der Waals surface area contributed by atoms with Gasteiger partial charge in [0.2, 0.25) is 0 Å². The Kier molecular flexibility index (Phi) is 4.22. The molecular weight excluding hydrogens is 220 g/mol. The van der Waals surface area contributed by atoms with Gasteiger partial charge in [0.05, 0.1) is 6.10 Å². The summed E-state index contributed by atoms with van der Waals surface area (Å²) in [5.74, 6) is -1.42. The molecule has 4 N–H and O–H groups in total. The van der Waals surface area contributed by atoms with Crippen LogP contribution in [0.15, 0.2) is 0 Å². The molecule has 94 valence electrons. The van der Waals surface area contributed by atoms with E-state index in [4.69, 9.17) is 14.6 Å². The lowest BCUT2D eigenvalue weighted by Crippen LogP contribution is -2.60. The molecular formula is C9H16O7. The van der Waals surface area contributed by atoms with Crippen LogP contribution in [0.1, 0.15) is 13.8 Å². The van der Waals surface area contributed by atoms with Crippen LogP contribution in [0, 0.1) is 0 Å². The number of ether oxygens (including phenoxy) is 2. The molecule has 2 unspecified atom stereocenters. The van der Waals surface area contributed by atoms with Gasteiger partial charge in [-0.05, 0) is 13.8 Å². The highest BCUT2D eigenvalue weighted by molar-refractivity contribution is 5.73. The predicted octanol–water partition coefficient (Wildman–Crippen LogP) is -1.70. The molecule has 1 fully saturated rings. The SMILES string of the molecule is CC(C)O[C@H]1OC(C(=O)O)[C@H](O)C(O)[C@@H]1O. The van der Waals surface area contributed by atoms with Crippen LogP contribution in [0.2, 0.25) is 0 Å². The Labute approximate surface area is 92.2 Å². The van der Waals surface area contributed by atoms with Crippen LogP contribution in [0.4, 0.5) is 0 Å². The van der Waals surface area contributed by atoms with Crippen LogP contribution >= 0.6 is 0 Å². The fourth-order valence-electron chi connectivity index (χ4n) is 1.43. The van der Waals surface area contributed by atoms with Crippen LogP contribution < -0.4 is 0 Å². The van der Waals surface area contributed by atoms with Crippen molar-refractivity contribution in [1.82, 2.24) is 0 Å². The molecule has 0 saturated carbocycles. The van der Waals surface area contributed by atoms with Gasteiger partial charge in [0.1, 0.15) is 18.3 Å². The standard InChI is InChI=1S/C9H16O7/c1-3(2)15-9-6(12)4(10)5(11)7(16-9)8(13)14/h3-7,9-12H,1-2H3,(H,13,14)/t4?,5-,6+,7?,9+/m1/s1. The van der Waals surface area contributed by atoms with Gasteiger partial charge in [-0.1, -0.05) is 0 Å². The highest BCUT2D eigenvalue weighted by Gasteiger charge is 2.47. The number of aliphatic carboxylic acids is 1. The molecule has 0 amide bonds. The van der Waals surface area contributed by atoms with E-state index in [1.807, 2.05) is 0 Å². The molecule has 1 saturated heterocycles. The topological polar surface area (TPSA) is 116 Å². The van der Waals surface area contributed by atoms with Gasteiger partial charge in [-0.25, -0.2) is 4.79 Å². The number of hydrogen-bond acceptors (Lipinski definition) is 6. The van der Waals surface area contributed by atoms with E-state index in [2.05, 4.69) is 0 Å². The van der Waals surface area contributed by atoms with E-state index in [1.165, 1.54) is 0 Å². The number of carboxylic acids is 1. The summed E-state index contributed by atoms with van der Waals surface area (Å²) >= 11 is 0. The van der Waals surface area contributed by atoms with E-state index in [0.29, 0.717) is 0 Å². The first kappa shape index (κ1) is 13.3. The maximum atomic E-state index is 10.7. The molecule has 7 nitrogen and oxygen atoms in total. The summed E-state index contributed by atoms with van der Waals surface area (Å²) in [4.78, 5) is 10.7. The number of aliphatic hydroxyl groups excluding tert-OH is 3. The van der Waals surface area contributed by atoms with Crippen molar-refractivity contribution in [2.24, 2.45) is 0 Å². The molecule has 0 radical (unpaired) electrons. The largest absolute Gasteiger partial charge is 0.479 e. The maximum Gasteiger partial charge on any atom is 0.335 e. The third-order valence-electron chi connectivity index (χ3n) is 2.22. The van der Waals surface area contributed by atoms with Crippen LogP contribution in [0.3, 0.4) is 0 Å². The van der Waals surface area contributed by atoms with Crippen LogP contribution in [0.5, 0.6) is 0 Å². The number of hydrogen-bond donors (Lipinski definition) is 4. The molecule has 0 aliphatic carbocycles. The summed E-state index contributed by atoms with van der Waals surface area (Å²) < 4.78 is 9.97. The predicted molar refractivity (Wildman–Crippen MR) is 50.5 cm³/mol. The Morgan fingerprint density at radius 2 is 1.75 bits per heavy atom. The number of rotatable bonds is 3. The fourth-order valence-corrected chi connectivity index (χ4v) is 1.43. The molecule has 1 rings (SSSR count). The van der Waals surface area contributed by atoms with Crippen molar-refractivity contribution in [3.8, 4) is 0 Å². The maximum absolute atomic E-state index is 10.7. The lowest BCUT2D eigenvalue weighted by atomic mass is 9.99. The quantitative estimate of drug-likeness (QED) is 0.461. The van der Waals surface area contributed by atoms with E-state index in [1.54, 1.807) is 13.8 Å². The average Bonchev–Trinajstić information content (AvgIpc) is 2.18. The summed E-state index contributed by atoms with van der Waals surface area (Å²) in [6.45, 7) is 3.34. The second-order valence-corrected chi connectivity index (χ2v) is 3.92. The Bertz CT molecular complexity index is 254. The van der Waals surface area contributed by atoms with Gasteiger partial charge in [-0.2, -0.15) is 0 Å². The van der Waals surface area contributed by atoms with Gasteiger partial charge in [0.25, 0.3) is 0 Å². The third kappa shape index (κ3) is 2.69. The first-order valence-electron chi connectivity index (χ1n) is 4.92. The molecule has 0 bridgehead atoms. The van der Waals surface area contributed by atoms with E-state index < -0.39 is 36.7 Å². The summed E-state index contributed by atoms with van der Waals surface area (Å²) in [5, 5.41) is 37.0. The molecule has 0 spiro atoms. The number of carboxylic acid groups (broad SMARTS) is 1. The van der Waals surface area contributed by atoms with Crippen molar-refractivity contribution in [3.63, 3.8) is 0 Å². The van der Waals surface area contributed by atoms with Gasteiger partial charge < -0.3 is 29.9 Å². The van der Waals surface area contributed by atoms with E-state index >= 15 is 0 Å². The molecule has 1 aliphatic heterocycles. The molecule has 1 aliphatic rings. The molecule has 0 aromatic carbocycles. The summed E-state index contributed by atoms with van der Waals surface area (Å²) in [6, 6.07) is 0. The summed E-state index contributed by atoms with van der Waals surface area (Å²) in [5.41, 5.74) is 0. The van der Waals surface area contributed by atoms with Crippen molar-refractivity contribution in [2.45, 2.75) is 50.7 Å². The minimum atomic E-state index is -1.68. The molecule has 7 heteroatoms. The van der Waals surface area contributed by atoms with Crippen molar-refractivity contribution in [2.75, 3.05) is 0 Å². The van der Waals surface area contributed by atoms with Gasteiger partial charge >= 0.3 is 5.97 Å². The molecule has 5 atom stereocenters. The van der Waals surface area contributed by atoms with Gasteiger partial charge in [-0.15, -0.1) is 0 Å². The molecule has 0 aromatic heterocycles. The minimum absolute atomic E-state index is 0.309. The Morgan fingerprint density at radius 1 is 1.19 bits per heavy atom. The smallest absolute Gasteiger partial charge is 0.335 e. The Balaban J connectivity index is 2.77. The van der Waals surface area contributed by atoms with Crippen LogP contribution in [0.25, 0.3) is 0 Å². The summed E-state index contributed by atoms with van der Waals surface area (Å²) in [7, 11) is 0. The third-order valence-corrected chi connectivity index (χ3v) is 2.22. The Hall–Kier alpha value is -0.730. The van der Waals surface area contributed by atoms with Crippen LogP contribution in [-0.4, -0.2) is 63.2 Å². The second kappa shape index (κ2) is 5.07. The highest BCUT2D eigenvalue weighted by Crippen LogP contribution is 2.23. The summed E-state index contributed by atoms with van der Waals surface area (Å²) in [6.07, 6.45) is -7.95. The lowest BCUT2D eigenvalue weighted by molar-refractivity contribution is -0.301.